The number of carbonyl (C=O) groups is 1. The molecule has 1 unspecified atom stereocenters. The Morgan fingerprint density at radius 2 is 1.94 bits per heavy atom. The molecule has 0 fully saturated rings. The van der Waals surface area contributed by atoms with Crippen LogP contribution in [0.3, 0.4) is 0 Å². The smallest absolute Gasteiger partial charge is 0.221 e. The zero-order chi connectivity index (χ0) is 13.5. The van der Waals surface area contributed by atoms with Crippen molar-refractivity contribution in [3.63, 3.8) is 0 Å². The highest BCUT2D eigenvalue weighted by molar-refractivity contribution is 5.76. The van der Waals surface area contributed by atoms with Crippen molar-refractivity contribution in [2.45, 2.75) is 33.2 Å². The van der Waals surface area contributed by atoms with Gasteiger partial charge in [-0.1, -0.05) is 38.1 Å². The Balaban J connectivity index is 2.78. The lowest BCUT2D eigenvalue weighted by atomic mass is 9.92. The molecule has 1 atom stereocenters. The summed E-state index contributed by atoms with van der Waals surface area (Å²) in [5, 5.41) is 6.12. The van der Waals surface area contributed by atoms with E-state index in [1.54, 1.807) is 0 Å². The van der Waals surface area contributed by atoms with Gasteiger partial charge in [-0.2, -0.15) is 0 Å². The molecule has 1 aromatic carbocycles. The summed E-state index contributed by atoms with van der Waals surface area (Å²) in [6, 6.07) is 8.33. The number of hydrogen-bond donors (Lipinski definition) is 2. The molecule has 0 aliphatic carbocycles. The average Bonchev–Trinajstić information content (AvgIpc) is 2.34. The molecular weight excluding hydrogens is 224 g/mol. The number of rotatable bonds is 6. The third-order valence-corrected chi connectivity index (χ3v) is 3.11. The van der Waals surface area contributed by atoms with Crippen LogP contribution in [0, 0.1) is 12.8 Å². The van der Waals surface area contributed by atoms with Crippen LogP contribution in [-0.2, 0) is 4.79 Å². The molecule has 3 heteroatoms. The predicted molar refractivity (Wildman–Crippen MR) is 75.4 cm³/mol. The van der Waals surface area contributed by atoms with Crippen LogP contribution in [0.5, 0.6) is 0 Å². The summed E-state index contributed by atoms with van der Waals surface area (Å²) in [4.78, 5) is 11.9. The maximum Gasteiger partial charge on any atom is 0.221 e. The molecule has 2 N–H and O–H groups in total. The molecule has 1 rings (SSSR count). The van der Waals surface area contributed by atoms with Crippen molar-refractivity contribution < 1.29 is 4.79 Å². The van der Waals surface area contributed by atoms with E-state index in [0.717, 1.165) is 0 Å². The van der Waals surface area contributed by atoms with Gasteiger partial charge in [-0.05, 0) is 31.0 Å². The maximum absolute atomic E-state index is 11.9. The lowest BCUT2D eigenvalue weighted by molar-refractivity contribution is -0.122. The Kier molecular flexibility index (Phi) is 5.86. The molecule has 0 saturated carbocycles. The van der Waals surface area contributed by atoms with E-state index in [9.17, 15) is 4.79 Å². The second kappa shape index (κ2) is 7.17. The predicted octanol–water partition coefficient (Wildman–Crippen LogP) is 2.42. The van der Waals surface area contributed by atoms with Crippen LogP contribution in [-0.4, -0.2) is 19.5 Å². The lowest BCUT2D eigenvalue weighted by Gasteiger charge is -2.24. The Bertz CT molecular complexity index is 388. The van der Waals surface area contributed by atoms with Crippen molar-refractivity contribution in [2.24, 2.45) is 5.92 Å². The average molecular weight is 248 g/mol. The molecule has 100 valence electrons. The van der Waals surface area contributed by atoms with E-state index in [4.69, 9.17) is 0 Å². The zero-order valence-corrected chi connectivity index (χ0v) is 11.8. The third-order valence-electron chi connectivity index (χ3n) is 3.11. The highest BCUT2D eigenvalue weighted by Gasteiger charge is 2.19. The number of benzene rings is 1. The largest absolute Gasteiger partial charge is 0.349 e. The van der Waals surface area contributed by atoms with Crippen LogP contribution < -0.4 is 10.6 Å². The minimum atomic E-state index is 0.0931. The molecule has 0 aliphatic rings. The van der Waals surface area contributed by atoms with E-state index in [2.05, 4.69) is 43.5 Å². The number of aryl methyl sites for hydroxylation is 1. The van der Waals surface area contributed by atoms with E-state index >= 15 is 0 Å². The number of nitrogens with one attached hydrogen (secondary N) is 2. The van der Waals surface area contributed by atoms with Gasteiger partial charge in [-0.15, -0.1) is 0 Å². The van der Waals surface area contributed by atoms with Gasteiger partial charge in [-0.3, -0.25) is 4.79 Å². The van der Waals surface area contributed by atoms with Crippen molar-refractivity contribution >= 4 is 5.91 Å². The third kappa shape index (κ3) is 4.15. The summed E-state index contributed by atoms with van der Waals surface area (Å²) in [6.07, 6.45) is 0.519. The Morgan fingerprint density at radius 3 is 2.50 bits per heavy atom. The molecule has 0 spiro atoms. The normalized spacial score (nSPS) is 12.5. The molecular formula is C15H24N2O. The molecule has 0 heterocycles. The zero-order valence-electron chi connectivity index (χ0n) is 11.8. The van der Waals surface area contributed by atoms with E-state index < -0.39 is 0 Å². The number of amides is 1. The lowest BCUT2D eigenvalue weighted by Crippen LogP contribution is -2.33. The van der Waals surface area contributed by atoms with Gasteiger partial charge in [0.15, 0.2) is 0 Å². The summed E-state index contributed by atoms with van der Waals surface area (Å²) in [6.45, 7) is 7.07. The van der Waals surface area contributed by atoms with Crippen LogP contribution in [0.15, 0.2) is 24.3 Å². The number of carbonyl (C=O) groups excluding carboxylic acids is 1. The fourth-order valence-corrected chi connectivity index (χ4v) is 2.02. The van der Waals surface area contributed by atoms with Crippen LogP contribution in [0.2, 0.25) is 0 Å². The standard InChI is InChI=1S/C15H24N2O/c1-11(2)15(17-14(18)9-10-16-4)13-8-6-5-7-12(13)3/h5-8,11,15-16H,9-10H2,1-4H3,(H,17,18). The van der Waals surface area contributed by atoms with Crippen LogP contribution in [0.1, 0.15) is 37.4 Å². The fourth-order valence-electron chi connectivity index (χ4n) is 2.02. The molecule has 0 aromatic heterocycles. The summed E-state index contributed by atoms with van der Waals surface area (Å²) in [5.41, 5.74) is 2.44. The minimum Gasteiger partial charge on any atom is -0.349 e. The SMILES string of the molecule is CNCCC(=O)NC(c1ccccc1C)C(C)C. The topological polar surface area (TPSA) is 41.1 Å². The van der Waals surface area contributed by atoms with E-state index in [1.165, 1.54) is 11.1 Å². The quantitative estimate of drug-likeness (QED) is 0.811. The first-order chi connectivity index (χ1) is 8.56. The van der Waals surface area contributed by atoms with Gasteiger partial charge in [0, 0.05) is 13.0 Å². The molecule has 1 aromatic rings. The summed E-state index contributed by atoms with van der Waals surface area (Å²) in [5.74, 6) is 0.482. The first-order valence-electron chi connectivity index (χ1n) is 6.55. The highest BCUT2D eigenvalue weighted by atomic mass is 16.1. The van der Waals surface area contributed by atoms with Crippen molar-refractivity contribution in [2.75, 3.05) is 13.6 Å². The summed E-state index contributed by atoms with van der Waals surface area (Å²) >= 11 is 0. The maximum atomic E-state index is 11.9. The summed E-state index contributed by atoms with van der Waals surface area (Å²) in [7, 11) is 1.86. The van der Waals surface area contributed by atoms with E-state index in [1.807, 2.05) is 19.2 Å². The van der Waals surface area contributed by atoms with Gasteiger partial charge in [-0.25, -0.2) is 0 Å². The van der Waals surface area contributed by atoms with Crippen LogP contribution in [0.25, 0.3) is 0 Å². The molecule has 3 nitrogen and oxygen atoms in total. The van der Waals surface area contributed by atoms with Gasteiger partial charge >= 0.3 is 0 Å². The van der Waals surface area contributed by atoms with Crippen LogP contribution in [0.4, 0.5) is 0 Å². The van der Waals surface area contributed by atoms with E-state index in [0.29, 0.717) is 18.9 Å². The van der Waals surface area contributed by atoms with Gasteiger partial charge in [0.1, 0.15) is 0 Å². The first-order valence-corrected chi connectivity index (χ1v) is 6.55. The molecule has 0 aliphatic heterocycles. The minimum absolute atomic E-state index is 0.0931. The molecule has 0 saturated heterocycles. The first kappa shape index (κ1) is 14.7. The Morgan fingerprint density at radius 1 is 1.28 bits per heavy atom. The second-order valence-corrected chi connectivity index (χ2v) is 5.00. The number of hydrogen-bond acceptors (Lipinski definition) is 2. The van der Waals surface area contributed by atoms with Crippen LogP contribution >= 0.6 is 0 Å². The monoisotopic (exact) mass is 248 g/mol. The second-order valence-electron chi connectivity index (χ2n) is 5.00. The van der Waals surface area contributed by atoms with Crippen molar-refractivity contribution in [1.82, 2.24) is 10.6 Å². The van der Waals surface area contributed by atoms with Crippen molar-refractivity contribution in [3.05, 3.63) is 35.4 Å². The Labute approximate surface area is 110 Å². The van der Waals surface area contributed by atoms with Gasteiger partial charge < -0.3 is 10.6 Å². The molecule has 0 bridgehead atoms. The summed E-state index contributed by atoms with van der Waals surface area (Å²) < 4.78 is 0. The Hall–Kier alpha value is -1.35. The fraction of sp³-hybridized carbons (Fsp3) is 0.533. The van der Waals surface area contributed by atoms with E-state index in [-0.39, 0.29) is 11.9 Å². The van der Waals surface area contributed by atoms with Gasteiger partial charge in [0.05, 0.1) is 6.04 Å². The van der Waals surface area contributed by atoms with Gasteiger partial charge in [0.25, 0.3) is 0 Å². The molecule has 18 heavy (non-hydrogen) atoms. The highest BCUT2D eigenvalue weighted by Crippen LogP contribution is 2.24. The molecule has 1 amide bonds. The van der Waals surface area contributed by atoms with Crippen molar-refractivity contribution in [3.8, 4) is 0 Å². The molecule has 0 radical (unpaired) electrons. The van der Waals surface area contributed by atoms with Crippen molar-refractivity contribution in [1.29, 1.82) is 0 Å². The van der Waals surface area contributed by atoms with Gasteiger partial charge in [0.2, 0.25) is 5.91 Å².